The third-order valence-corrected chi connectivity index (χ3v) is 4.02. The molecule has 1 atom stereocenters. The fraction of sp³-hybridized carbons (Fsp3) is 0.250. The van der Waals surface area contributed by atoms with E-state index in [1.807, 2.05) is 12.1 Å². The fourth-order valence-electron chi connectivity index (χ4n) is 2.91. The van der Waals surface area contributed by atoms with Crippen LogP contribution in [0.25, 0.3) is 0 Å². The van der Waals surface area contributed by atoms with Gasteiger partial charge in [0.25, 0.3) is 5.91 Å². The topological polar surface area (TPSA) is 96.6 Å². The van der Waals surface area contributed by atoms with Crippen molar-refractivity contribution in [2.75, 3.05) is 6.54 Å². The maximum Gasteiger partial charge on any atom is 0.311 e. The zero-order valence-corrected chi connectivity index (χ0v) is 12.3. The Kier molecular flexibility index (Phi) is 3.92. The van der Waals surface area contributed by atoms with Gasteiger partial charge in [-0.1, -0.05) is 0 Å². The van der Waals surface area contributed by atoms with E-state index in [-0.39, 0.29) is 17.5 Å². The van der Waals surface area contributed by atoms with E-state index < -0.39 is 16.4 Å². The number of rotatable bonds is 3. The van der Waals surface area contributed by atoms with E-state index in [9.17, 15) is 20.0 Å². The highest BCUT2D eigenvalue weighted by Gasteiger charge is 2.31. The maximum atomic E-state index is 12.7. The summed E-state index contributed by atoms with van der Waals surface area (Å²) in [6.07, 6.45) is 5.08. The number of carbonyl (C=O) groups is 1. The predicted molar refractivity (Wildman–Crippen MR) is 82.0 cm³/mol. The molecule has 3 rings (SSSR count). The van der Waals surface area contributed by atoms with Crippen molar-refractivity contribution in [1.29, 1.82) is 0 Å². The molecule has 1 aliphatic heterocycles. The number of hydrogen-bond acceptors (Lipinski definition) is 5. The van der Waals surface area contributed by atoms with Gasteiger partial charge in [-0.25, -0.2) is 0 Å². The Morgan fingerprint density at radius 2 is 2.04 bits per heavy atom. The fourth-order valence-corrected chi connectivity index (χ4v) is 2.91. The van der Waals surface area contributed by atoms with Crippen LogP contribution in [0.4, 0.5) is 5.69 Å². The third kappa shape index (κ3) is 2.85. The number of nitro benzene ring substituents is 1. The van der Waals surface area contributed by atoms with E-state index in [2.05, 4.69) is 4.98 Å². The number of likely N-dealkylation sites (tertiary alicyclic amines) is 1. The molecular formula is C16H15N3O4. The molecule has 2 heterocycles. The number of aromatic hydroxyl groups is 1. The van der Waals surface area contributed by atoms with Gasteiger partial charge in [0.2, 0.25) is 0 Å². The average Bonchev–Trinajstić information content (AvgIpc) is 3.04. The Balaban J connectivity index is 1.91. The van der Waals surface area contributed by atoms with Gasteiger partial charge in [0, 0.05) is 30.6 Å². The normalized spacial score (nSPS) is 17.2. The van der Waals surface area contributed by atoms with Crippen molar-refractivity contribution >= 4 is 11.6 Å². The van der Waals surface area contributed by atoms with Gasteiger partial charge in [-0.2, -0.15) is 0 Å². The number of benzene rings is 1. The second-order valence-corrected chi connectivity index (χ2v) is 5.40. The molecule has 1 aromatic carbocycles. The molecule has 118 valence electrons. The zero-order chi connectivity index (χ0) is 16.4. The van der Waals surface area contributed by atoms with Crippen LogP contribution in [0.3, 0.4) is 0 Å². The number of pyridine rings is 1. The van der Waals surface area contributed by atoms with Crippen molar-refractivity contribution in [3.05, 3.63) is 64.0 Å². The summed E-state index contributed by atoms with van der Waals surface area (Å²) >= 11 is 0. The van der Waals surface area contributed by atoms with Crippen molar-refractivity contribution in [2.45, 2.75) is 18.9 Å². The first-order valence-electron chi connectivity index (χ1n) is 7.26. The molecule has 0 spiro atoms. The summed E-state index contributed by atoms with van der Waals surface area (Å²) in [5.74, 6) is -0.717. The van der Waals surface area contributed by atoms with Crippen molar-refractivity contribution in [1.82, 2.24) is 9.88 Å². The van der Waals surface area contributed by atoms with Gasteiger partial charge in [0.15, 0.2) is 5.75 Å². The van der Waals surface area contributed by atoms with Gasteiger partial charge in [-0.05, 0) is 42.7 Å². The molecule has 1 N–H and O–H groups in total. The highest BCUT2D eigenvalue weighted by Crippen LogP contribution is 2.34. The Bertz CT molecular complexity index is 748. The van der Waals surface area contributed by atoms with E-state index in [0.29, 0.717) is 6.54 Å². The Hall–Kier alpha value is -2.96. The molecule has 7 heteroatoms. The quantitative estimate of drug-likeness (QED) is 0.694. The van der Waals surface area contributed by atoms with Gasteiger partial charge in [0.05, 0.1) is 11.0 Å². The Morgan fingerprint density at radius 1 is 1.30 bits per heavy atom. The van der Waals surface area contributed by atoms with Crippen LogP contribution in [-0.4, -0.2) is 32.4 Å². The van der Waals surface area contributed by atoms with Crippen LogP contribution in [0.1, 0.15) is 34.8 Å². The molecule has 1 amide bonds. The summed E-state index contributed by atoms with van der Waals surface area (Å²) in [5, 5.41) is 20.4. The highest BCUT2D eigenvalue weighted by molar-refractivity contribution is 5.95. The SMILES string of the molecule is O=C(c1ccc(O)c([N+](=O)[O-])c1)N1CCC[C@H]1c1ccncc1. The molecule has 1 aliphatic rings. The summed E-state index contributed by atoms with van der Waals surface area (Å²) in [5.41, 5.74) is 0.741. The number of amides is 1. The van der Waals surface area contributed by atoms with E-state index in [0.717, 1.165) is 24.5 Å². The number of nitro groups is 1. The molecule has 1 fully saturated rings. The van der Waals surface area contributed by atoms with Crippen molar-refractivity contribution in [2.24, 2.45) is 0 Å². The minimum atomic E-state index is -0.698. The van der Waals surface area contributed by atoms with Crippen LogP contribution >= 0.6 is 0 Å². The molecule has 0 bridgehead atoms. The lowest BCUT2D eigenvalue weighted by Gasteiger charge is -2.25. The van der Waals surface area contributed by atoms with E-state index in [4.69, 9.17) is 0 Å². The molecule has 0 radical (unpaired) electrons. The summed E-state index contributed by atoms with van der Waals surface area (Å²) in [6.45, 7) is 0.598. The summed E-state index contributed by atoms with van der Waals surface area (Å²) < 4.78 is 0. The van der Waals surface area contributed by atoms with Gasteiger partial charge >= 0.3 is 5.69 Å². The minimum absolute atomic E-state index is 0.0571. The molecule has 7 nitrogen and oxygen atoms in total. The molecule has 0 aliphatic carbocycles. The summed E-state index contributed by atoms with van der Waals surface area (Å²) in [6, 6.07) is 7.40. The number of carbonyl (C=O) groups excluding carboxylic acids is 1. The largest absolute Gasteiger partial charge is 0.502 e. The van der Waals surface area contributed by atoms with Crippen LogP contribution in [-0.2, 0) is 0 Å². The van der Waals surface area contributed by atoms with Crippen molar-refractivity contribution < 1.29 is 14.8 Å². The van der Waals surface area contributed by atoms with Gasteiger partial charge < -0.3 is 10.0 Å². The predicted octanol–water partition coefficient (Wildman–Crippen LogP) is 2.67. The van der Waals surface area contributed by atoms with Gasteiger partial charge in [-0.3, -0.25) is 19.9 Å². The molecule has 2 aromatic rings. The van der Waals surface area contributed by atoms with Crippen LogP contribution in [0, 0.1) is 10.1 Å². The smallest absolute Gasteiger partial charge is 0.311 e. The highest BCUT2D eigenvalue weighted by atomic mass is 16.6. The second-order valence-electron chi connectivity index (χ2n) is 5.40. The first-order chi connectivity index (χ1) is 11.1. The third-order valence-electron chi connectivity index (χ3n) is 4.02. The molecule has 1 saturated heterocycles. The average molecular weight is 313 g/mol. The van der Waals surface area contributed by atoms with Crippen LogP contribution < -0.4 is 0 Å². The minimum Gasteiger partial charge on any atom is -0.502 e. The standard InChI is InChI=1S/C16H15N3O4/c20-15-4-3-12(10-14(15)19(22)23)16(21)18-9-1-2-13(18)11-5-7-17-8-6-11/h3-8,10,13,20H,1-2,9H2/t13-/m0/s1. The Morgan fingerprint density at radius 3 is 2.74 bits per heavy atom. The monoisotopic (exact) mass is 313 g/mol. The van der Waals surface area contributed by atoms with Crippen LogP contribution in [0.2, 0.25) is 0 Å². The number of aromatic nitrogens is 1. The lowest BCUT2D eigenvalue weighted by molar-refractivity contribution is -0.385. The zero-order valence-electron chi connectivity index (χ0n) is 12.3. The molecule has 1 aromatic heterocycles. The van der Waals surface area contributed by atoms with Gasteiger partial charge in [0.1, 0.15) is 0 Å². The number of phenolic OH excluding ortho intramolecular Hbond substituents is 1. The summed E-state index contributed by atoms with van der Waals surface area (Å²) in [4.78, 5) is 28.6. The molecule has 0 saturated carbocycles. The van der Waals surface area contributed by atoms with Crippen molar-refractivity contribution in [3.8, 4) is 5.75 Å². The molecule has 0 unspecified atom stereocenters. The van der Waals surface area contributed by atoms with E-state index in [1.54, 1.807) is 17.3 Å². The Labute approximate surface area is 132 Å². The van der Waals surface area contributed by atoms with Crippen molar-refractivity contribution in [3.63, 3.8) is 0 Å². The first-order valence-corrected chi connectivity index (χ1v) is 7.26. The number of hydrogen-bond donors (Lipinski definition) is 1. The van der Waals surface area contributed by atoms with E-state index >= 15 is 0 Å². The lowest BCUT2D eigenvalue weighted by Crippen LogP contribution is -2.30. The number of nitrogens with zero attached hydrogens (tertiary/aromatic N) is 3. The van der Waals surface area contributed by atoms with E-state index in [1.165, 1.54) is 12.1 Å². The van der Waals surface area contributed by atoms with Gasteiger partial charge in [-0.15, -0.1) is 0 Å². The second kappa shape index (κ2) is 6.04. The van der Waals surface area contributed by atoms with Crippen LogP contribution in [0.5, 0.6) is 5.75 Å². The molecular weight excluding hydrogens is 298 g/mol. The lowest BCUT2D eigenvalue weighted by atomic mass is 10.1. The maximum absolute atomic E-state index is 12.7. The molecule has 23 heavy (non-hydrogen) atoms. The van der Waals surface area contributed by atoms with Crippen LogP contribution in [0.15, 0.2) is 42.7 Å². The first kappa shape index (κ1) is 15.0. The summed E-state index contributed by atoms with van der Waals surface area (Å²) in [7, 11) is 0. The number of phenols is 1.